The number of nitrogens with one attached hydrogen (secondary N) is 1. The number of nitro groups is 1. The Kier molecular flexibility index (Phi) is 5.72. The summed E-state index contributed by atoms with van der Waals surface area (Å²) in [5.41, 5.74) is 0.992. The molecule has 0 amide bonds. The molecular formula is C20H18N2O5S. The van der Waals surface area contributed by atoms with Crippen LogP contribution in [0.15, 0.2) is 88.0 Å². The zero-order valence-corrected chi connectivity index (χ0v) is 15.8. The standard InChI is InChI=1S/C20H18N2O5S/c1-15-9-11-18(12-10-15)28(25,26)21-20(16-6-3-2-4-7-16)19(22(23)24)14-17-8-5-13-27-17/h2-14,20-21H,1H3/b19-14-. The predicted molar refractivity (Wildman–Crippen MR) is 104 cm³/mol. The number of hydrogen-bond donors (Lipinski definition) is 1. The van der Waals surface area contributed by atoms with E-state index >= 15 is 0 Å². The minimum absolute atomic E-state index is 0.0275. The number of hydrogen-bond acceptors (Lipinski definition) is 5. The van der Waals surface area contributed by atoms with Crippen molar-refractivity contribution in [2.45, 2.75) is 17.9 Å². The third-order valence-electron chi connectivity index (χ3n) is 4.08. The summed E-state index contributed by atoms with van der Waals surface area (Å²) >= 11 is 0. The van der Waals surface area contributed by atoms with E-state index in [1.165, 1.54) is 24.5 Å². The summed E-state index contributed by atoms with van der Waals surface area (Å²) in [6, 6.07) is 16.6. The van der Waals surface area contributed by atoms with Crippen LogP contribution in [0.2, 0.25) is 0 Å². The lowest BCUT2D eigenvalue weighted by Crippen LogP contribution is -2.32. The van der Waals surface area contributed by atoms with Crippen molar-refractivity contribution in [1.82, 2.24) is 4.72 Å². The molecule has 1 N–H and O–H groups in total. The van der Waals surface area contributed by atoms with Crippen LogP contribution in [-0.4, -0.2) is 13.3 Å². The largest absolute Gasteiger partial charge is 0.465 e. The van der Waals surface area contributed by atoms with Crippen LogP contribution in [-0.2, 0) is 10.0 Å². The van der Waals surface area contributed by atoms with E-state index in [0.717, 1.165) is 5.56 Å². The predicted octanol–water partition coefficient (Wildman–Crippen LogP) is 3.93. The van der Waals surface area contributed by atoms with Crippen LogP contribution in [0.3, 0.4) is 0 Å². The quantitative estimate of drug-likeness (QED) is 0.480. The number of benzene rings is 2. The topological polar surface area (TPSA) is 102 Å². The first kappa shape index (κ1) is 19.5. The van der Waals surface area contributed by atoms with Gasteiger partial charge in [-0.15, -0.1) is 0 Å². The Labute approximate surface area is 162 Å². The average Bonchev–Trinajstić information content (AvgIpc) is 3.19. The fraction of sp³-hybridized carbons (Fsp3) is 0.100. The molecule has 0 aliphatic heterocycles. The first-order valence-corrected chi connectivity index (χ1v) is 9.88. The Morgan fingerprint density at radius 1 is 1.07 bits per heavy atom. The zero-order valence-electron chi connectivity index (χ0n) is 15.0. The smallest absolute Gasteiger partial charge is 0.272 e. The van der Waals surface area contributed by atoms with Gasteiger partial charge in [0, 0.05) is 0 Å². The molecule has 0 saturated carbocycles. The molecule has 28 heavy (non-hydrogen) atoms. The molecule has 144 valence electrons. The minimum atomic E-state index is -4.01. The zero-order chi connectivity index (χ0) is 20.1. The summed E-state index contributed by atoms with van der Waals surface area (Å²) in [5, 5.41) is 11.8. The van der Waals surface area contributed by atoms with E-state index in [1.54, 1.807) is 54.6 Å². The van der Waals surface area contributed by atoms with Gasteiger partial charge < -0.3 is 4.42 Å². The Morgan fingerprint density at radius 2 is 1.75 bits per heavy atom. The highest BCUT2D eigenvalue weighted by Gasteiger charge is 2.32. The van der Waals surface area contributed by atoms with Gasteiger partial charge in [-0.05, 0) is 36.8 Å². The maximum Gasteiger partial charge on any atom is 0.272 e. The number of sulfonamides is 1. The van der Waals surface area contributed by atoms with Crippen molar-refractivity contribution in [2.75, 3.05) is 0 Å². The highest BCUT2D eigenvalue weighted by molar-refractivity contribution is 7.89. The van der Waals surface area contributed by atoms with Crippen molar-refractivity contribution in [3.8, 4) is 0 Å². The number of rotatable bonds is 7. The first-order chi connectivity index (χ1) is 13.4. The summed E-state index contributed by atoms with van der Waals surface area (Å²) in [6.07, 6.45) is 2.60. The highest BCUT2D eigenvalue weighted by Crippen LogP contribution is 2.27. The fourth-order valence-electron chi connectivity index (χ4n) is 2.65. The van der Waals surface area contributed by atoms with Gasteiger partial charge >= 0.3 is 0 Å². The first-order valence-electron chi connectivity index (χ1n) is 8.40. The molecule has 3 aromatic rings. The van der Waals surface area contributed by atoms with Gasteiger partial charge in [-0.25, -0.2) is 8.42 Å². The van der Waals surface area contributed by atoms with Crippen molar-refractivity contribution in [2.24, 2.45) is 0 Å². The molecule has 1 atom stereocenters. The lowest BCUT2D eigenvalue weighted by Gasteiger charge is -2.17. The summed E-state index contributed by atoms with van der Waals surface area (Å²) in [6.45, 7) is 1.84. The molecule has 2 aromatic carbocycles. The Balaban J connectivity index is 2.07. The third-order valence-corrected chi connectivity index (χ3v) is 5.52. The van der Waals surface area contributed by atoms with Crippen LogP contribution in [0.5, 0.6) is 0 Å². The second kappa shape index (κ2) is 8.20. The van der Waals surface area contributed by atoms with Crippen molar-refractivity contribution < 1.29 is 17.8 Å². The molecule has 0 aliphatic carbocycles. The molecule has 0 bridgehead atoms. The Hall–Kier alpha value is -3.23. The second-order valence-corrected chi connectivity index (χ2v) is 7.83. The molecule has 0 aliphatic rings. The molecule has 0 fully saturated rings. The number of aryl methyl sites for hydroxylation is 1. The molecule has 0 radical (unpaired) electrons. The lowest BCUT2D eigenvalue weighted by molar-refractivity contribution is -0.429. The molecule has 1 unspecified atom stereocenters. The van der Waals surface area contributed by atoms with Crippen LogP contribution in [0, 0.1) is 17.0 Å². The maximum absolute atomic E-state index is 12.9. The Bertz CT molecular complexity index is 1070. The van der Waals surface area contributed by atoms with Crippen LogP contribution in [0.4, 0.5) is 0 Å². The van der Waals surface area contributed by atoms with E-state index < -0.39 is 21.0 Å². The summed E-state index contributed by atoms with van der Waals surface area (Å²) in [4.78, 5) is 11.2. The van der Waals surface area contributed by atoms with E-state index in [4.69, 9.17) is 4.42 Å². The van der Waals surface area contributed by atoms with Crippen molar-refractivity contribution >= 4 is 16.1 Å². The van der Waals surface area contributed by atoms with Crippen molar-refractivity contribution in [1.29, 1.82) is 0 Å². The second-order valence-electron chi connectivity index (χ2n) is 6.12. The summed E-state index contributed by atoms with van der Waals surface area (Å²) in [5.74, 6) is 0.252. The van der Waals surface area contributed by atoms with Crippen molar-refractivity contribution in [3.63, 3.8) is 0 Å². The van der Waals surface area contributed by atoms with Gasteiger partial charge in [0.05, 0.1) is 22.2 Å². The summed E-state index contributed by atoms with van der Waals surface area (Å²) in [7, 11) is -4.01. The van der Waals surface area contributed by atoms with Crippen LogP contribution in [0.25, 0.3) is 6.08 Å². The molecular weight excluding hydrogens is 380 g/mol. The summed E-state index contributed by atoms with van der Waals surface area (Å²) < 4.78 is 33.4. The molecule has 0 saturated heterocycles. The van der Waals surface area contributed by atoms with Crippen LogP contribution >= 0.6 is 0 Å². The van der Waals surface area contributed by atoms with Crippen LogP contribution in [0.1, 0.15) is 22.9 Å². The molecule has 1 aromatic heterocycles. The van der Waals surface area contributed by atoms with E-state index in [2.05, 4.69) is 4.72 Å². The molecule has 1 heterocycles. The lowest BCUT2D eigenvalue weighted by atomic mass is 10.0. The fourth-order valence-corrected chi connectivity index (χ4v) is 3.84. The van der Waals surface area contributed by atoms with Gasteiger partial charge in [0.15, 0.2) is 0 Å². The van der Waals surface area contributed by atoms with Gasteiger partial charge in [0.2, 0.25) is 10.0 Å². The van der Waals surface area contributed by atoms with Gasteiger partial charge in [0.1, 0.15) is 11.8 Å². The SMILES string of the molecule is Cc1ccc(S(=O)(=O)NC(/C(=C/c2ccco2)[N+](=O)[O-])c2ccccc2)cc1. The Morgan fingerprint density at radius 3 is 2.32 bits per heavy atom. The normalized spacial score (nSPS) is 13.2. The molecule has 0 spiro atoms. The third kappa shape index (κ3) is 4.54. The van der Waals surface area contributed by atoms with E-state index in [1.807, 2.05) is 6.92 Å². The molecule has 7 nitrogen and oxygen atoms in total. The maximum atomic E-state index is 12.9. The van der Waals surface area contributed by atoms with E-state index in [0.29, 0.717) is 5.56 Å². The average molecular weight is 398 g/mol. The van der Waals surface area contributed by atoms with Gasteiger partial charge in [0.25, 0.3) is 5.70 Å². The molecule has 3 rings (SSSR count). The number of nitrogens with zero attached hydrogens (tertiary/aromatic N) is 1. The van der Waals surface area contributed by atoms with Gasteiger partial charge in [-0.3, -0.25) is 10.1 Å². The highest BCUT2D eigenvalue weighted by atomic mass is 32.2. The van der Waals surface area contributed by atoms with Gasteiger partial charge in [-0.1, -0.05) is 48.0 Å². The van der Waals surface area contributed by atoms with Gasteiger partial charge in [-0.2, -0.15) is 4.72 Å². The molecule has 8 heteroatoms. The van der Waals surface area contributed by atoms with E-state index in [-0.39, 0.29) is 16.4 Å². The van der Waals surface area contributed by atoms with E-state index in [9.17, 15) is 18.5 Å². The van der Waals surface area contributed by atoms with Crippen molar-refractivity contribution in [3.05, 3.63) is 106 Å². The van der Waals surface area contributed by atoms with Crippen LogP contribution < -0.4 is 4.72 Å². The monoisotopic (exact) mass is 398 g/mol. The minimum Gasteiger partial charge on any atom is -0.465 e. The number of furan rings is 1.